The molecule has 0 bridgehead atoms. The van der Waals surface area contributed by atoms with Crippen molar-refractivity contribution in [3.05, 3.63) is 95.3 Å². The smallest absolute Gasteiger partial charge is 0.337 e. The zero-order valence-corrected chi connectivity index (χ0v) is 15.2. The van der Waals surface area contributed by atoms with E-state index in [0.717, 1.165) is 18.4 Å². The maximum absolute atomic E-state index is 11.7. The highest BCUT2D eigenvalue weighted by Gasteiger charge is 2.40. The van der Waals surface area contributed by atoms with Crippen molar-refractivity contribution in [3.63, 3.8) is 0 Å². The second kappa shape index (κ2) is 6.88. The van der Waals surface area contributed by atoms with Crippen LogP contribution in [0.3, 0.4) is 0 Å². The zero-order valence-electron chi connectivity index (χ0n) is 15.2. The summed E-state index contributed by atoms with van der Waals surface area (Å²) in [6.45, 7) is 2.16. The van der Waals surface area contributed by atoms with Crippen LogP contribution in [0, 0.1) is 0 Å². The lowest BCUT2D eigenvalue weighted by atomic mass is 9.76. The van der Waals surface area contributed by atoms with E-state index in [1.807, 2.05) is 18.2 Å². The van der Waals surface area contributed by atoms with Crippen molar-refractivity contribution in [2.45, 2.75) is 31.2 Å². The Labute approximate surface area is 158 Å². The summed E-state index contributed by atoms with van der Waals surface area (Å²) < 4.78 is 0. The van der Waals surface area contributed by atoms with Crippen LogP contribution in [0.25, 0.3) is 0 Å². The van der Waals surface area contributed by atoms with Crippen molar-refractivity contribution in [2.75, 3.05) is 5.32 Å². The van der Waals surface area contributed by atoms with Crippen LogP contribution in [-0.4, -0.2) is 16.1 Å². The Morgan fingerprint density at radius 2 is 1.85 bits per heavy atom. The number of hydrogen-bond acceptors (Lipinski definition) is 3. The Morgan fingerprint density at radius 1 is 1.11 bits per heavy atom. The number of anilines is 1. The first-order valence-corrected chi connectivity index (χ1v) is 9.18. The number of hydrogen-bond donors (Lipinski definition) is 2. The lowest BCUT2D eigenvalue weighted by Crippen LogP contribution is -2.38. The molecular formula is C23H22N2O2. The maximum atomic E-state index is 11.7. The fraction of sp³-hybridized carbons (Fsp3) is 0.217. The SMILES string of the molecule is CC(Nc1cnccc1C(=O)O)(c1ccccc1)C1CCc2ccccc21. The van der Waals surface area contributed by atoms with E-state index < -0.39 is 11.5 Å². The number of aromatic carboxylic acids is 1. The fourth-order valence-electron chi connectivity index (χ4n) is 4.26. The monoisotopic (exact) mass is 358 g/mol. The van der Waals surface area contributed by atoms with Gasteiger partial charge < -0.3 is 10.4 Å². The van der Waals surface area contributed by atoms with Gasteiger partial charge in [0.15, 0.2) is 0 Å². The molecule has 2 N–H and O–H groups in total. The van der Waals surface area contributed by atoms with Crippen LogP contribution in [0.5, 0.6) is 0 Å². The van der Waals surface area contributed by atoms with Crippen LogP contribution >= 0.6 is 0 Å². The number of nitrogens with one attached hydrogen (secondary N) is 1. The van der Waals surface area contributed by atoms with E-state index in [2.05, 4.69) is 53.6 Å². The van der Waals surface area contributed by atoms with Crippen molar-refractivity contribution < 1.29 is 9.90 Å². The molecule has 0 amide bonds. The number of nitrogens with zero attached hydrogens (tertiary/aromatic N) is 1. The number of pyridine rings is 1. The molecule has 2 atom stereocenters. The molecule has 4 nitrogen and oxygen atoms in total. The molecule has 3 aromatic rings. The van der Waals surface area contributed by atoms with Crippen LogP contribution < -0.4 is 5.32 Å². The van der Waals surface area contributed by atoms with Gasteiger partial charge in [0.05, 0.1) is 23.0 Å². The Bertz CT molecular complexity index is 971. The van der Waals surface area contributed by atoms with Crippen molar-refractivity contribution in [3.8, 4) is 0 Å². The van der Waals surface area contributed by atoms with Gasteiger partial charge in [-0.05, 0) is 42.5 Å². The van der Waals surface area contributed by atoms with E-state index in [4.69, 9.17) is 0 Å². The number of aromatic nitrogens is 1. The number of carbonyl (C=O) groups is 1. The molecule has 0 fully saturated rings. The van der Waals surface area contributed by atoms with Gasteiger partial charge in [0, 0.05) is 12.1 Å². The average Bonchev–Trinajstić information content (AvgIpc) is 3.13. The summed E-state index contributed by atoms with van der Waals surface area (Å²) in [5, 5.41) is 13.1. The van der Waals surface area contributed by atoms with E-state index in [9.17, 15) is 9.90 Å². The molecule has 27 heavy (non-hydrogen) atoms. The third-order valence-electron chi connectivity index (χ3n) is 5.65. The Hall–Kier alpha value is -3.14. The van der Waals surface area contributed by atoms with Crippen molar-refractivity contribution in [1.82, 2.24) is 4.98 Å². The minimum Gasteiger partial charge on any atom is -0.478 e. The van der Waals surface area contributed by atoms with Crippen LogP contribution in [0.4, 0.5) is 5.69 Å². The summed E-state index contributed by atoms with van der Waals surface area (Å²) in [6, 6.07) is 20.3. The molecule has 4 rings (SSSR count). The van der Waals surface area contributed by atoms with E-state index in [0.29, 0.717) is 5.69 Å². The molecule has 1 aliphatic carbocycles. The maximum Gasteiger partial charge on any atom is 0.337 e. The molecule has 1 heterocycles. The topological polar surface area (TPSA) is 62.2 Å². The van der Waals surface area contributed by atoms with Gasteiger partial charge in [-0.3, -0.25) is 4.98 Å². The van der Waals surface area contributed by atoms with Crippen LogP contribution in [-0.2, 0) is 12.0 Å². The molecule has 4 heteroatoms. The molecule has 0 radical (unpaired) electrons. The van der Waals surface area contributed by atoms with Gasteiger partial charge in [-0.15, -0.1) is 0 Å². The first-order chi connectivity index (χ1) is 13.1. The molecule has 136 valence electrons. The van der Waals surface area contributed by atoms with Crippen LogP contribution in [0.15, 0.2) is 73.1 Å². The number of aryl methyl sites for hydroxylation is 1. The molecule has 2 aromatic carbocycles. The Morgan fingerprint density at radius 3 is 2.63 bits per heavy atom. The highest BCUT2D eigenvalue weighted by molar-refractivity contribution is 5.94. The molecule has 0 saturated carbocycles. The van der Waals surface area contributed by atoms with E-state index in [1.54, 1.807) is 12.3 Å². The minimum absolute atomic E-state index is 0.234. The predicted molar refractivity (Wildman–Crippen MR) is 106 cm³/mol. The highest BCUT2D eigenvalue weighted by atomic mass is 16.4. The molecule has 0 spiro atoms. The lowest BCUT2D eigenvalue weighted by Gasteiger charge is -2.39. The summed E-state index contributed by atoms with van der Waals surface area (Å²) in [4.78, 5) is 15.8. The highest BCUT2D eigenvalue weighted by Crippen LogP contribution is 2.47. The summed E-state index contributed by atoms with van der Waals surface area (Å²) in [6.07, 6.45) is 5.16. The van der Waals surface area contributed by atoms with E-state index >= 15 is 0 Å². The molecule has 0 saturated heterocycles. The fourth-order valence-corrected chi connectivity index (χ4v) is 4.26. The first kappa shape index (κ1) is 17.3. The van der Waals surface area contributed by atoms with Gasteiger partial charge >= 0.3 is 5.97 Å². The number of fused-ring (bicyclic) bond motifs is 1. The standard InChI is InChI=1S/C23H22N2O2/c1-23(17-8-3-2-4-9-17,20-12-11-16-7-5-6-10-18(16)20)25-21-15-24-14-13-19(21)22(26)27/h2-10,13-15,20,25H,11-12H2,1H3,(H,26,27). The van der Waals surface area contributed by atoms with Crippen molar-refractivity contribution in [1.29, 1.82) is 0 Å². The average molecular weight is 358 g/mol. The van der Waals surface area contributed by atoms with Gasteiger partial charge in [-0.2, -0.15) is 0 Å². The molecule has 0 aliphatic heterocycles. The zero-order chi connectivity index (χ0) is 18.9. The Balaban J connectivity index is 1.83. The largest absolute Gasteiger partial charge is 0.478 e. The van der Waals surface area contributed by atoms with Gasteiger partial charge in [0.1, 0.15) is 0 Å². The third-order valence-corrected chi connectivity index (χ3v) is 5.65. The predicted octanol–water partition coefficient (Wildman–Crippen LogP) is 4.84. The van der Waals surface area contributed by atoms with E-state index in [-0.39, 0.29) is 11.5 Å². The van der Waals surface area contributed by atoms with E-state index in [1.165, 1.54) is 17.3 Å². The third kappa shape index (κ3) is 3.08. The second-order valence-electron chi connectivity index (χ2n) is 7.21. The summed E-state index contributed by atoms with van der Waals surface area (Å²) in [7, 11) is 0. The summed E-state index contributed by atoms with van der Waals surface area (Å²) in [5.41, 5.74) is 4.15. The molecular weight excluding hydrogens is 336 g/mol. The first-order valence-electron chi connectivity index (χ1n) is 9.18. The molecule has 1 aromatic heterocycles. The summed E-state index contributed by atoms with van der Waals surface area (Å²) >= 11 is 0. The number of carboxylic acids is 1. The quantitative estimate of drug-likeness (QED) is 0.685. The van der Waals surface area contributed by atoms with Crippen LogP contribution in [0.2, 0.25) is 0 Å². The number of benzene rings is 2. The van der Waals surface area contributed by atoms with Gasteiger partial charge in [0.2, 0.25) is 0 Å². The van der Waals surface area contributed by atoms with Crippen molar-refractivity contribution in [2.24, 2.45) is 0 Å². The van der Waals surface area contributed by atoms with Crippen molar-refractivity contribution >= 4 is 11.7 Å². The van der Waals surface area contributed by atoms with Gasteiger partial charge in [-0.1, -0.05) is 54.6 Å². The van der Waals surface area contributed by atoms with Gasteiger partial charge in [0.25, 0.3) is 0 Å². The molecule has 2 unspecified atom stereocenters. The Kier molecular flexibility index (Phi) is 4.40. The second-order valence-corrected chi connectivity index (χ2v) is 7.21. The normalized spacial score (nSPS) is 17.7. The summed E-state index contributed by atoms with van der Waals surface area (Å²) in [5.74, 6) is -0.722. The number of rotatable bonds is 5. The van der Waals surface area contributed by atoms with Gasteiger partial charge in [-0.25, -0.2) is 4.79 Å². The molecule has 1 aliphatic rings. The minimum atomic E-state index is -0.956. The lowest BCUT2D eigenvalue weighted by molar-refractivity contribution is 0.0697. The number of carboxylic acid groups (broad SMARTS) is 1. The van der Waals surface area contributed by atoms with Crippen LogP contribution in [0.1, 0.15) is 46.3 Å².